The van der Waals surface area contributed by atoms with Crippen LogP contribution in [0.5, 0.6) is 5.75 Å². The van der Waals surface area contributed by atoms with Gasteiger partial charge >= 0.3 is 0 Å². The number of hydrogen-bond acceptors (Lipinski definition) is 2. The Morgan fingerprint density at radius 3 is 2.55 bits per heavy atom. The van der Waals surface area contributed by atoms with E-state index in [9.17, 15) is 0 Å². The largest absolute Gasteiger partial charge is 0.496 e. The van der Waals surface area contributed by atoms with E-state index in [0.717, 1.165) is 11.3 Å². The Balaban J connectivity index is 2.21. The van der Waals surface area contributed by atoms with Crippen molar-refractivity contribution in [2.75, 3.05) is 7.11 Å². The van der Waals surface area contributed by atoms with Crippen molar-refractivity contribution in [2.45, 2.75) is 6.54 Å². The maximum atomic E-state index is 5.81. The van der Waals surface area contributed by atoms with Gasteiger partial charge in [-0.3, -0.25) is 0 Å². The van der Waals surface area contributed by atoms with Crippen LogP contribution in [0.2, 0.25) is 0 Å². The van der Waals surface area contributed by atoms with Gasteiger partial charge in [0.1, 0.15) is 5.75 Å². The highest BCUT2D eigenvalue weighted by atomic mass is 16.5. The SMILES string of the molecule is COc1ccc(-c2cccc3ccccc23)cc1CN. The van der Waals surface area contributed by atoms with E-state index in [1.54, 1.807) is 7.11 Å². The zero-order valence-electron chi connectivity index (χ0n) is 11.5. The molecular formula is C18H17NO. The molecule has 3 rings (SSSR count). The molecule has 0 atom stereocenters. The van der Waals surface area contributed by atoms with Crippen molar-refractivity contribution >= 4 is 10.8 Å². The zero-order valence-corrected chi connectivity index (χ0v) is 11.5. The summed E-state index contributed by atoms with van der Waals surface area (Å²) >= 11 is 0. The summed E-state index contributed by atoms with van der Waals surface area (Å²) in [6, 6.07) is 21.0. The summed E-state index contributed by atoms with van der Waals surface area (Å²) in [5.41, 5.74) is 9.22. The highest BCUT2D eigenvalue weighted by Crippen LogP contribution is 2.31. The normalized spacial score (nSPS) is 10.7. The Bertz CT molecular complexity index is 744. The molecule has 0 saturated heterocycles. The van der Waals surface area contributed by atoms with Gasteiger partial charge in [-0.25, -0.2) is 0 Å². The number of benzene rings is 3. The standard InChI is InChI=1S/C18H17NO/c1-20-18-10-9-14(11-15(18)12-19)17-8-4-6-13-5-2-3-7-16(13)17/h2-11H,12,19H2,1H3. The van der Waals surface area contributed by atoms with E-state index >= 15 is 0 Å². The fourth-order valence-corrected chi connectivity index (χ4v) is 2.58. The van der Waals surface area contributed by atoms with Gasteiger partial charge in [-0.1, -0.05) is 48.5 Å². The minimum Gasteiger partial charge on any atom is -0.496 e. The Labute approximate surface area is 118 Å². The molecule has 0 fully saturated rings. The molecule has 100 valence electrons. The third-order valence-electron chi connectivity index (χ3n) is 3.60. The molecule has 3 aromatic rings. The van der Waals surface area contributed by atoms with Gasteiger partial charge in [-0.05, 0) is 34.0 Å². The summed E-state index contributed by atoms with van der Waals surface area (Å²) < 4.78 is 5.33. The van der Waals surface area contributed by atoms with Crippen LogP contribution in [0.1, 0.15) is 5.56 Å². The van der Waals surface area contributed by atoms with Crippen LogP contribution in [0.4, 0.5) is 0 Å². The summed E-state index contributed by atoms with van der Waals surface area (Å²) in [7, 11) is 1.67. The highest BCUT2D eigenvalue weighted by molar-refractivity contribution is 5.96. The molecule has 0 amide bonds. The maximum Gasteiger partial charge on any atom is 0.123 e. The second-order valence-electron chi connectivity index (χ2n) is 4.76. The molecule has 0 aliphatic rings. The Morgan fingerprint density at radius 1 is 0.950 bits per heavy atom. The first-order valence-electron chi connectivity index (χ1n) is 6.68. The second-order valence-corrected chi connectivity index (χ2v) is 4.76. The molecule has 0 spiro atoms. The number of nitrogens with two attached hydrogens (primary N) is 1. The van der Waals surface area contributed by atoms with Crippen molar-refractivity contribution in [1.82, 2.24) is 0 Å². The van der Waals surface area contributed by atoms with E-state index in [4.69, 9.17) is 10.5 Å². The Hall–Kier alpha value is -2.32. The minimum atomic E-state index is 0.474. The zero-order chi connectivity index (χ0) is 13.9. The maximum absolute atomic E-state index is 5.81. The average Bonchev–Trinajstić information content (AvgIpc) is 2.53. The van der Waals surface area contributed by atoms with E-state index in [-0.39, 0.29) is 0 Å². The molecule has 0 bridgehead atoms. The molecule has 0 unspecified atom stereocenters. The van der Waals surface area contributed by atoms with Crippen molar-refractivity contribution in [1.29, 1.82) is 0 Å². The lowest BCUT2D eigenvalue weighted by Crippen LogP contribution is -2.00. The van der Waals surface area contributed by atoms with Crippen LogP contribution in [0.25, 0.3) is 21.9 Å². The lowest BCUT2D eigenvalue weighted by Gasteiger charge is -2.11. The smallest absolute Gasteiger partial charge is 0.123 e. The topological polar surface area (TPSA) is 35.2 Å². The summed E-state index contributed by atoms with van der Waals surface area (Å²) in [5.74, 6) is 0.844. The lowest BCUT2D eigenvalue weighted by molar-refractivity contribution is 0.410. The molecule has 0 aliphatic carbocycles. The van der Waals surface area contributed by atoms with Gasteiger partial charge in [0.25, 0.3) is 0 Å². The van der Waals surface area contributed by atoms with Gasteiger partial charge in [-0.15, -0.1) is 0 Å². The van der Waals surface area contributed by atoms with Crippen molar-refractivity contribution < 1.29 is 4.74 Å². The van der Waals surface area contributed by atoms with Gasteiger partial charge in [-0.2, -0.15) is 0 Å². The third-order valence-corrected chi connectivity index (χ3v) is 3.60. The summed E-state index contributed by atoms with van der Waals surface area (Å²) in [6.07, 6.45) is 0. The summed E-state index contributed by atoms with van der Waals surface area (Å²) in [5, 5.41) is 2.50. The average molecular weight is 263 g/mol. The van der Waals surface area contributed by atoms with Gasteiger partial charge < -0.3 is 10.5 Å². The Kier molecular flexibility index (Phi) is 3.40. The minimum absolute atomic E-state index is 0.474. The first-order valence-corrected chi connectivity index (χ1v) is 6.68. The quantitative estimate of drug-likeness (QED) is 0.776. The van der Waals surface area contributed by atoms with Crippen LogP contribution < -0.4 is 10.5 Å². The number of hydrogen-bond donors (Lipinski definition) is 1. The van der Waals surface area contributed by atoms with Gasteiger partial charge in [0.15, 0.2) is 0 Å². The number of ether oxygens (including phenoxy) is 1. The number of fused-ring (bicyclic) bond motifs is 1. The molecular weight excluding hydrogens is 246 g/mol. The van der Waals surface area contributed by atoms with Crippen molar-refractivity contribution in [2.24, 2.45) is 5.73 Å². The molecule has 2 nitrogen and oxygen atoms in total. The molecule has 3 aromatic carbocycles. The van der Waals surface area contributed by atoms with Crippen molar-refractivity contribution in [3.63, 3.8) is 0 Å². The third kappa shape index (κ3) is 2.15. The molecule has 0 saturated carbocycles. The highest BCUT2D eigenvalue weighted by Gasteiger charge is 2.07. The van der Waals surface area contributed by atoms with Crippen molar-refractivity contribution in [3.05, 3.63) is 66.2 Å². The van der Waals surface area contributed by atoms with Gasteiger partial charge in [0.2, 0.25) is 0 Å². The Morgan fingerprint density at radius 2 is 1.75 bits per heavy atom. The van der Waals surface area contributed by atoms with Crippen LogP contribution in [-0.2, 0) is 6.54 Å². The molecule has 0 aliphatic heterocycles. The van der Waals surface area contributed by atoms with E-state index in [0.29, 0.717) is 6.54 Å². The molecule has 0 radical (unpaired) electrons. The molecule has 2 N–H and O–H groups in total. The van der Waals surface area contributed by atoms with Crippen LogP contribution in [0.3, 0.4) is 0 Å². The molecule has 2 heteroatoms. The summed E-state index contributed by atoms with van der Waals surface area (Å²) in [6.45, 7) is 0.474. The van der Waals surface area contributed by atoms with Crippen LogP contribution in [0.15, 0.2) is 60.7 Å². The lowest BCUT2D eigenvalue weighted by atomic mass is 9.97. The fraction of sp³-hybridized carbons (Fsp3) is 0.111. The predicted molar refractivity (Wildman–Crippen MR) is 83.8 cm³/mol. The number of rotatable bonds is 3. The first kappa shape index (κ1) is 12.7. The van der Waals surface area contributed by atoms with E-state index in [1.807, 2.05) is 6.07 Å². The predicted octanol–water partition coefficient (Wildman–Crippen LogP) is 3.97. The summed E-state index contributed by atoms with van der Waals surface area (Å²) in [4.78, 5) is 0. The van der Waals surface area contributed by atoms with Crippen LogP contribution >= 0.6 is 0 Å². The fourth-order valence-electron chi connectivity index (χ4n) is 2.58. The van der Waals surface area contributed by atoms with Crippen LogP contribution in [0, 0.1) is 0 Å². The first-order chi connectivity index (χ1) is 9.83. The van der Waals surface area contributed by atoms with E-state index < -0.39 is 0 Å². The van der Waals surface area contributed by atoms with Crippen LogP contribution in [-0.4, -0.2) is 7.11 Å². The molecule has 20 heavy (non-hydrogen) atoms. The molecule has 0 aromatic heterocycles. The second kappa shape index (κ2) is 5.35. The van der Waals surface area contributed by atoms with Crippen molar-refractivity contribution in [3.8, 4) is 16.9 Å². The van der Waals surface area contributed by atoms with E-state index in [1.165, 1.54) is 21.9 Å². The van der Waals surface area contributed by atoms with E-state index in [2.05, 4.69) is 54.6 Å². The van der Waals surface area contributed by atoms with Gasteiger partial charge in [0.05, 0.1) is 7.11 Å². The van der Waals surface area contributed by atoms with Gasteiger partial charge in [0, 0.05) is 12.1 Å². The monoisotopic (exact) mass is 263 g/mol. The molecule has 0 heterocycles. The number of methoxy groups -OCH3 is 1.